The maximum absolute atomic E-state index is 12.7. The fraction of sp³-hybridized carbons (Fsp3) is 0.238. The number of alkyl halides is 2. The summed E-state index contributed by atoms with van der Waals surface area (Å²) in [5.74, 6) is -0.478. The molecule has 1 aliphatic rings. The average molecular weight is 464 g/mol. The van der Waals surface area contributed by atoms with E-state index in [-0.39, 0.29) is 30.5 Å². The molecule has 1 N–H and O–H groups in total. The maximum Gasteiger partial charge on any atom is 0.387 e. The predicted octanol–water partition coefficient (Wildman–Crippen LogP) is 3.98. The Morgan fingerprint density at radius 1 is 1.29 bits per heavy atom. The number of aromatic nitrogens is 1. The second kappa shape index (κ2) is 11.0. The summed E-state index contributed by atoms with van der Waals surface area (Å²) in [6.07, 6.45) is 5.49. The third-order valence-corrected chi connectivity index (χ3v) is 5.67. The number of para-hydroxylation sites is 1. The second-order valence-corrected chi connectivity index (χ2v) is 8.17. The summed E-state index contributed by atoms with van der Waals surface area (Å²) in [6.45, 7) is -2.29. The van der Waals surface area contributed by atoms with Crippen LogP contribution in [0.15, 0.2) is 53.7 Å². The number of nitrogens with zero attached hydrogens (tertiary/aromatic N) is 2. The van der Waals surface area contributed by atoms with Gasteiger partial charge in [0.1, 0.15) is 10.1 Å². The second-order valence-electron chi connectivity index (χ2n) is 6.49. The summed E-state index contributed by atoms with van der Waals surface area (Å²) in [5, 5.41) is 2.80. The number of ether oxygens (including phenoxy) is 1. The van der Waals surface area contributed by atoms with Gasteiger partial charge in [0.15, 0.2) is 0 Å². The number of thioether (sulfide) groups is 1. The molecule has 0 unspecified atom stereocenters. The molecular formula is C21H19F2N3O3S2. The molecule has 1 aromatic carbocycles. The highest BCUT2D eigenvalue weighted by atomic mass is 32.2. The average Bonchev–Trinajstić information content (AvgIpc) is 3.01. The fourth-order valence-electron chi connectivity index (χ4n) is 2.83. The van der Waals surface area contributed by atoms with Gasteiger partial charge in [-0.25, -0.2) is 0 Å². The van der Waals surface area contributed by atoms with Crippen LogP contribution in [0.5, 0.6) is 5.75 Å². The van der Waals surface area contributed by atoms with E-state index in [1.165, 1.54) is 17.0 Å². The van der Waals surface area contributed by atoms with Gasteiger partial charge in [0.25, 0.3) is 5.91 Å². The van der Waals surface area contributed by atoms with E-state index in [1.54, 1.807) is 36.7 Å². The molecule has 6 nitrogen and oxygen atoms in total. The third kappa shape index (κ3) is 6.56. The van der Waals surface area contributed by atoms with Gasteiger partial charge in [0.05, 0.1) is 4.91 Å². The van der Waals surface area contributed by atoms with Crippen LogP contribution in [0.4, 0.5) is 8.78 Å². The zero-order valence-electron chi connectivity index (χ0n) is 16.3. The summed E-state index contributed by atoms with van der Waals surface area (Å²) in [4.78, 5) is 30.4. The standard InChI is InChI=1S/C21H19F2N3O3S2/c22-20(23)29-16-7-2-1-6-15(16)11-17-19(28)26(21(30)31-17)10-4-8-18(27)25-13-14-5-3-9-24-12-14/h1-3,5-7,9,11-12,20H,4,8,10,13H2,(H,25,27)/b17-11-. The molecule has 0 spiro atoms. The van der Waals surface area contributed by atoms with Crippen molar-refractivity contribution in [2.75, 3.05) is 6.54 Å². The Labute approximate surface area is 187 Å². The largest absolute Gasteiger partial charge is 0.434 e. The van der Waals surface area contributed by atoms with Crippen molar-refractivity contribution in [1.29, 1.82) is 0 Å². The highest BCUT2D eigenvalue weighted by Crippen LogP contribution is 2.34. The van der Waals surface area contributed by atoms with Crippen molar-refractivity contribution >= 4 is 46.2 Å². The molecule has 1 aromatic heterocycles. The number of rotatable bonds is 9. The Hall–Kier alpha value is -2.85. The topological polar surface area (TPSA) is 71.5 Å². The Kier molecular flexibility index (Phi) is 8.07. The first-order valence-corrected chi connectivity index (χ1v) is 10.6. The van der Waals surface area contributed by atoms with Gasteiger partial charge in [0, 0.05) is 37.5 Å². The minimum absolute atomic E-state index is 0.0203. The van der Waals surface area contributed by atoms with Crippen molar-refractivity contribution < 1.29 is 23.1 Å². The van der Waals surface area contributed by atoms with Crippen molar-refractivity contribution in [3.8, 4) is 5.75 Å². The minimum atomic E-state index is -2.96. The van der Waals surface area contributed by atoms with Gasteiger partial charge < -0.3 is 10.1 Å². The van der Waals surface area contributed by atoms with Crippen LogP contribution in [0, 0.1) is 0 Å². The van der Waals surface area contributed by atoms with Gasteiger partial charge in [-0.2, -0.15) is 8.78 Å². The smallest absolute Gasteiger partial charge is 0.387 e. The minimum Gasteiger partial charge on any atom is -0.434 e. The number of pyridine rings is 1. The van der Waals surface area contributed by atoms with Crippen LogP contribution in [-0.4, -0.2) is 39.2 Å². The lowest BCUT2D eigenvalue weighted by Gasteiger charge is -2.14. The first kappa shape index (κ1) is 22.8. The lowest BCUT2D eigenvalue weighted by atomic mass is 10.2. The molecule has 3 rings (SSSR count). The van der Waals surface area contributed by atoms with E-state index >= 15 is 0 Å². The number of thiocarbonyl (C=S) groups is 1. The number of carbonyl (C=O) groups is 2. The van der Waals surface area contributed by atoms with Gasteiger partial charge in [-0.05, 0) is 30.2 Å². The number of hydrogen-bond acceptors (Lipinski definition) is 6. The van der Waals surface area contributed by atoms with E-state index in [1.807, 2.05) is 6.07 Å². The molecule has 0 saturated carbocycles. The maximum atomic E-state index is 12.7. The van der Waals surface area contributed by atoms with Crippen LogP contribution in [0.3, 0.4) is 0 Å². The molecule has 1 fully saturated rings. The lowest BCUT2D eigenvalue weighted by Crippen LogP contribution is -2.30. The van der Waals surface area contributed by atoms with Gasteiger partial charge >= 0.3 is 6.61 Å². The molecule has 1 aliphatic heterocycles. The molecular weight excluding hydrogens is 444 g/mol. The predicted molar refractivity (Wildman–Crippen MR) is 118 cm³/mol. The molecule has 162 valence electrons. The van der Waals surface area contributed by atoms with Crippen molar-refractivity contribution in [1.82, 2.24) is 15.2 Å². The van der Waals surface area contributed by atoms with Crippen molar-refractivity contribution in [2.45, 2.75) is 26.0 Å². The summed E-state index contributed by atoms with van der Waals surface area (Å²) < 4.78 is 30.0. The Morgan fingerprint density at radius 3 is 2.84 bits per heavy atom. The fourth-order valence-corrected chi connectivity index (χ4v) is 4.13. The molecule has 0 atom stereocenters. The highest BCUT2D eigenvalue weighted by molar-refractivity contribution is 8.26. The van der Waals surface area contributed by atoms with Crippen LogP contribution in [0.2, 0.25) is 0 Å². The van der Waals surface area contributed by atoms with Crippen molar-refractivity contribution in [3.05, 3.63) is 64.8 Å². The van der Waals surface area contributed by atoms with Crippen molar-refractivity contribution in [2.24, 2.45) is 0 Å². The molecule has 1 saturated heterocycles. The molecule has 2 aromatic rings. The van der Waals surface area contributed by atoms with Gasteiger partial charge in [-0.15, -0.1) is 0 Å². The summed E-state index contributed by atoms with van der Waals surface area (Å²) in [5.41, 5.74) is 1.26. The highest BCUT2D eigenvalue weighted by Gasteiger charge is 2.32. The van der Waals surface area contributed by atoms with E-state index in [9.17, 15) is 18.4 Å². The van der Waals surface area contributed by atoms with Crippen LogP contribution in [-0.2, 0) is 16.1 Å². The van der Waals surface area contributed by atoms with Gasteiger partial charge in [0.2, 0.25) is 5.91 Å². The molecule has 0 radical (unpaired) electrons. The van der Waals surface area contributed by atoms with Crippen LogP contribution in [0.25, 0.3) is 6.08 Å². The van der Waals surface area contributed by atoms with Crippen molar-refractivity contribution in [3.63, 3.8) is 0 Å². The zero-order chi connectivity index (χ0) is 22.2. The quantitative estimate of drug-likeness (QED) is 0.448. The van der Waals surface area contributed by atoms with E-state index < -0.39 is 6.61 Å². The monoisotopic (exact) mass is 463 g/mol. The number of benzene rings is 1. The van der Waals surface area contributed by atoms with E-state index in [0.717, 1.165) is 17.3 Å². The summed E-state index contributed by atoms with van der Waals surface area (Å²) >= 11 is 6.37. The molecule has 2 amide bonds. The summed E-state index contributed by atoms with van der Waals surface area (Å²) in [7, 11) is 0. The van der Waals surface area contributed by atoms with E-state index in [0.29, 0.717) is 27.8 Å². The Balaban J connectivity index is 1.53. The number of nitrogens with one attached hydrogen (secondary N) is 1. The molecule has 10 heteroatoms. The third-order valence-electron chi connectivity index (χ3n) is 4.29. The molecule has 0 aliphatic carbocycles. The SMILES string of the molecule is O=C(CCCN1C(=O)/C(=C/c2ccccc2OC(F)F)SC1=S)NCc1cccnc1. The molecule has 0 bridgehead atoms. The van der Waals surface area contributed by atoms with E-state index in [4.69, 9.17) is 12.2 Å². The number of amides is 2. The van der Waals surface area contributed by atoms with E-state index in [2.05, 4.69) is 15.0 Å². The summed E-state index contributed by atoms with van der Waals surface area (Å²) in [6, 6.07) is 9.88. The zero-order valence-corrected chi connectivity index (χ0v) is 17.9. The Bertz CT molecular complexity index is 987. The number of carbonyl (C=O) groups excluding carboxylic acids is 2. The van der Waals surface area contributed by atoms with Crippen LogP contribution < -0.4 is 10.1 Å². The molecule has 31 heavy (non-hydrogen) atoms. The normalized spacial score (nSPS) is 15.1. The van der Waals surface area contributed by atoms with Crippen LogP contribution in [0.1, 0.15) is 24.0 Å². The van der Waals surface area contributed by atoms with Gasteiger partial charge in [-0.1, -0.05) is 48.2 Å². The van der Waals surface area contributed by atoms with Gasteiger partial charge in [-0.3, -0.25) is 19.5 Å². The first-order valence-electron chi connectivity index (χ1n) is 9.39. The molecule has 2 heterocycles. The lowest BCUT2D eigenvalue weighted by molar-refractivity contribution is -0.124. The van der Waals surface area contributed by atoms with Crippen LogP contribution >= 0.6 is 24.0 Å². The Morgan fingerprint density at radius 2 is 2.10 bits per heavy atom. The first-order chi connectivity index (χ1) is 14.9. The number of halogens is 2. The number of hydrogen-bond donors (Lipinski definition) is 1.